The first-order chi connectivity index (χ1) is 10.0. The third kappa shape index (κ3) is 2.80. The Bertz CT molecular complexity index is 667. The van der Waals surface area contributed by atoms with Crippen molar-refractivity contribution in [3.63, 3.8) is 0 Å². The smallest absolute Gasteiger partial charge is 0.138 e. The molecule has 6 heteroatoms. The van der Waals surface area contributed by atoms with Gasteiger partial charge in [-0.3, -0.25) is 0 Å². The Labute approximate surface area is 142 Å². The predicted octanol–water partition coefficient (Wildman–Crippen LogP) is 4.82. The van der Waals surface area contributed by atoms with Crippen molar-refractivity contribution in [2.24, 2.45) is 0 Å². The highest BCUT2D eigenvalue weighted by atomic mass is 127. The maximum Gasteiger partial charge on any atom is 0.138 e. The number of nitrogens with zero attached hydrogens (tertiary/aromatic N) is 2. The second-order valence-electron chi connectivity index (χ2n) is 5.41. The minimum atomic E-state index is -0.210. The monoisotopic (exact) mass is 422 g/mol. The summed E-state index contributed by atoms with van der Waals surface area (Å²) >= 11 is 8.26. The van der Waals surface area contributed by atoms with E-state index in [9.17, 15) is 4.39 Å². The Morgan fingerprint density at radius 2 is 2.24 bits per heavy atom. The molecule has 0 N–H and O–H groups in total. The molecule has 1 fully saturated rings. The van der Waals surface area contributed by atoms with Gasteiger partial charge in [-0.1, -0.05) is 0 Å². The van der Waals surface area contributed by atoms with Crippen molar-refractivity contribution in [2.75, 3.05) is 6.61 Å². The van der Waals surface area contributed by atoms with Crippen LogP contribution >= 0.6 is 34.2 Å². The fourth-order valence-electron chi connectivity index (χ4n) is 2.89. The van der Waals surface area contributed by atoms with E-state index >= 15 is 0 Å². The molecule has 0 amide bonds. The van der Waals surface area contributed by atoms with Crippen LogP contribution in [0.5, 0.6) is 0 Å². The average Bonchev–Trinajstić information content (AvgIpc) is 2.72. The first-order valence-electron chi connectivity index (χ1n) is 7.13. The van der Waals surface area contributed by atoms with E-state index < -0.39 is 0 Å². The number of hydrogen-bond donors (Lipinski definition) is 0. The van der Waals surface area contributed by atoms with Crippen LogP contribution in [0.1, 0.15) is 43.9 Å². The van der Waals surface area contributed by atoms with Crippen LogP contribution in [-0.4, -0.2) is 22.3 Å². The van der Waals surface area contributed by atoms with Crippen molar-refractivity contribution in [1.82, 2.24) is 9.55 Å². The van der Waals surface area contributed by atoms with E-state index in [0.717, 1.165) is 36.3 Å². The molecule has 0 radical (unpaired) electrons. The first kappa shape index (κ1) is 15.5. The van der Waals surface area contributed by atoms with Gasteiger partial charge < -0.3 is 9.30 Å². The molecule has 0 spiro atoms. The van der Waals surface area contributed by atoms with Crippen LogP contribution in [0.15, 0.2) is 12.1 Å². The van der Waals surface area contributed by atoms with Gasteiger partial charge in [0.15, 0.2) is 0 Å². The van der Waals surface area contributed by atoms with Gasteiger partial charge in [0.1, 0.15) is 11.6 Å². The van der Waals surface area contributed by atoms with Crippen LogP contribution in [0.2, 0.25) is 0 Å². The van der Waals surface area contributed by atoms with Crippen LogP contribution in [-0.2, 0) is 4.74 Å². The first-order valence-corrected chi connectivity index (χ1v) is 8.65. The number of halogens is 3. The van der Waals surface area contributed by atoms with Crippen molar-refractivity contribution < 1.29 is 9.13 Å². The summed E-state index contributed by atoms with van der Waals surface area (Å²) in [7, 11) is 0. The molecule has 3 rings (SSSR count). The lowest BCUT2D eigenvalue weighted by Gasteiger charge is -2.37. The summed E-state index contributed by atoms with van der Waals surface area (Å²) in [5, 5.41) is -0.204. The minimum Gasteiger partial charge on any atom is -0.378 e. The SMILES string of the molecule is CCOC1CC(n2c(C(C)Cl)nc3cc(I)c(F)cc32)C1. The number of ether oxygens (including phenoxy) is 1. The van der Waals surface area contributed by atoms with E-state index in [1.165, 1.54) is 0 Å². The van der Waals surface area contributed by atoms with E-state index in [2.05, 4.69) is 9.55 Å². The van der Waals surface area contributed by atoms with Crippen LogP contribution in [0.4, 0.5) is 4.39 Å². The molecular weight excluding hydrogens is 406 g/mol. The number of aromatic nitrogens is 2. The lowest BCUT2D eigenvalue weighted by Crippen LogP contribution is -2.34. The minimum absolute atomic E-state index is 0.204. The summed E-state index contributed by atoms with van der Waals surface area (Å²) in [6.07, 6.45) is 2.16. The molecule has 1 aliphatic carbocycles. The standard InChI is InChI=1S/C15H17ClFIN2O/c1-3-21-10-4-9(5-10)20-14-6-11(17)12(18)7-13(14)19-15(20)8(2)16/h6-10H,3-5H2,1-2H3. The summed E-state index contributed by atoms with van der Waals surface area (Å²) in [6.45, 7) is 4.64. The van der Waals surface area contributed by atoms with Crippen LogP contribution in [0.25, 0.3) is 11.0 Å². The third-order valence-corrected chi connectivity index (χ3v) is 4.97. The molecule has 1 aromatic carbocycles. The van der Waals surface area contributed by atoms with Crippen LogP contribution in [0.3, 0.4) is 0 Å². The number of rotatable bonds is 4. The van der Waals surface area contributed by atoms with Gasteiger partial charge in [0.05, 0.1) is 26.1 Å². The van der Waals surface area contributed by atoms with E-state index in [1.807, 2.05) is 36.4 Å². The zero-order chi connectivity index (χ0) is 15.1. The Morgan fingerprint density at radius 3 is 2.86 bits per heavy atom. The van der Waals surface area contributed by atoms with Crippen molar-refractivity contribution in [3.05, 3.63) is 27.3 Å². The molecule has 1 saturated carbocycles. The van der Waals surface area contributed by atoms with Gasteiger partial charge in [0, 0.05) is 18.7 Å². The Kier molecular flexibility index (Phi) is 4.43. The highest BCUT2D eigenvalue weighted by Crippen LogP contribution is 2.40. The zero-order valence-corrected chi connectivity index (χ0v) is 14.9. The molecule has 114 valence electrons. The van der Waals surface area contributed by atoms with E-state index in [1.54, 1.807) is 12.1 Å². The summed E-state index contributed by atoms with van der Waals surface area (Å²) in [5.74, 6) is 0.603. The fraction of sp³-hybridized carbons (Fsp3) is 0.533. The second-order valence-corrected chi connectivity index (χ2v) is 7.23. The molecule has 21 heavy (non-hydrogen) atoms. The van der Waals surface area contributed by atoms with Crippen LogP contribution < -0.4 is 0 Å². The number of hydrogen-bond acceptors (Lipinski definition) is 2. The summed E-state index contributed by atoms with van der Waals surface area (Å²) in [4.78, 5) is 4.61. The Hall–Kier alpha value is -0.400. The van der Waals surface area contributed by atoms with Gasteiger partial charge in [0.2, 0.25) is 0 Å². The lowest BCUT2D eigenvalue weighted by molar-refractivity contribution is -0.0193. The second kappa shape index (κ2) is 6.01. The van der Waals surface area contributed by atoms with E-state index in [4.69, 9.17) is 16.3 Å². The molecular formula is C15H17ClFIN2O. The zero-order valence-electron chi connectivity index (χ0n) is 11.9. The molecule has 1 aliphatic rings. The van der Waals surface area contributed by atoms with Gasteiger partial charge in [-0.2, -0.15) is 0 Å². The molecule has 1 unspecified atom stereocenters. The summed E-state index contributed by atoms with van der Waals surface area (Å²) in [5.41, 5.74) is 1.64. The molecule has 1 aromatic heterocycles. The van der Waals surface area contributed by atoms with Gasteiger partial charge in [-0.15, -0.1) is 11.6 Å². The molecule has 0 bridgehead atoms. The lowest BCUT2D eigenvalue weighted by atomic mass is 9.88. The molecule has 3 nitrogen and oxygen atoms in total. The largest absolute Gasteiger partial charge is 0.378 e. The van der Waals surface area contributed by atoms with Gasteiger partial charge in [0.25, 0.3) is 0 Å². The predicted molar refractivity (Wildman–Crippen MR) is 90.4 cm³/mol. The molecule has 1 atom stereocenters. The molecule has 0 saturated heterocycles. The highest BCUT2D eigenvalue weighted by Gasteiger charge is 2.34. The fourth-order valence-corrected chi connectivity index (χ4v) is 3.50. The Morgan fingerprint density at radius 1 is 1.52 bits per heavy atom. The normalized spacial score (nSPS) is 23.3. The third-order valence-electron chi connectivity index (χ3n) is 3.95. The van der Waals surface area contributed by atoms with Crippen molar-refractivity contribution in [3.8, 4) is 0 Å². The van der Waals surface area contributed by atoms with Crippen molar-refractivity contribution >= 4 is 45.2 Å². The number of fused-ring (bicyclic) bond motifs is 1. The quantitative estimate of drug-likeness (QED) is 0.522. The maximum absolute atomic E-state index is 13.9. The number of imidazole rings is 1. The van der Waals surface area contributed by atoms with Gasteiger partial charge >= 0.3 is 0 Å². The molecule has 0 aliphatic heterocycles. The van der Waals surface area contributed by atoms with Crippen LogP contribution in [0, 0.1) is 9.39 Å². The highest BCUT2D eigenvalue weighted by molar-refractivity contribution is 14.1. The Balaban J connectivity index is 2.03. The van der Waals surface area contributed by atoms with Gasteiger partial charge in [-0.05, 0) is 55.3 Å². The molecule has 1 heterocycles. The van der Waals surface area contributed by atoms with Crippen molar-refractivity contribution in [2.45, 2.75) is 44.2 Å². The van der Waals surface area contributed by atoms with Crippen molar-refractivity contribution in [1.29, 1.82) is 0 Å². The summed E-state index contributed by atoms with van der Waals surface area (Å²) in [6, 6.07) is 3.64. The summed E-state index contributed by atoms with van der Waals surface area (Å²) < 4.78 is 22.2. The average molecular weight is 423 g/mol. The topological polar surface area (TPSA) is 27.1 Å². The van der Waals surface area contributed by atoms with E-state index in [0.29, 0.717) is 15.7 Å². The molecule has 2 aromatic rings. The van der Waals surface area contributed by atoms with E-state index in [-0.39, 0.29) is 11.2 Å². The van der Waals surface area contributed by atoms with Gasteiger partial charge in [-0.25, -0.2) is 9.37 Å². The number of alkyl halides is 1. The number of benzene rings is 1. The maximum atomic E-state index is 13.9.